The lowest BCUT2D eigenvalue weighted by Gasteiger charge is -2.41. The molecule has 8 bridgehead atoms. The van der Waals surface area contributed by atoms with Crippen LogP contribution in [0.25, 0.3) is 0 Å². The number of carbonyl (C=O) groups excluding carboxylic acids is 3. The van der Waals surface area contributed by atoms with E-state index in [-0.39, 0.29) is 36.3 Å². The maximum Gasteiger partial charge on any atom is 0.252 e. The molecule has 2 aromatic carbocycles. The molecule has 4 aliphatic rings. The van der Waals surface area contributed by atoms with Gasteiger partial charge in [-0.2, -0.15) is 0 Å². The van der Waals surface area contributed by atoms with Gasteiger partial charge in [0.2, 0.25) is 11.8 Å². The zero-order valence-electron chi connectivity index (χ0n) is 25.0. The molecule has 7 rings (SSSR count). The van der Waals surface area contributed by atoms with E-state index in [0.717, 1.165) is 16.7 Å². The van der Waals surface area contributed by atoms with E-state index in [4.69, 9.17) is 14.2 Å². The highest BCUT2D eigenvalue weighted by molar-refractivity contribution is 5.94. The smallest absolute Gasteiger partial charge is 0.252 e. The number of carbonyl (C=O) groups is 3. The van der Waals surface area contributed by atoms with Crippen LogP contribution in [0.5, 0.6) is 17.2 Å². The van der Waals surface area contributed by atoms with Crippen LogP contribution in [0.15, 0.2) is 60.9 Å². The summed E-state index contributed by atoms with van der Waals surface area (Å²) in [6.45, 7) is 5.01. The van der Waals surface area contributed by atoms with Crippen molar-refractivity contribution in [3.05, 3.63) is 83.2 Å². The normalized spacial score (nSPS) is 18.8. The molecule has 1 unspecified atom stereocenters. The second-order valence-corrected chi connectivity index (χ2v) is 11.4. The molecule has 1 fully saturated rings. The van der Waals surface area contributed by atoms with E-state index in [1.807, 2.05) is 54.3 Å². The molecule has 3 amide bonds. The minimum atomic E-state index is -0.287. The summed E-state index contributed by atoms with van der Waals surface area (Å²) in [7, 11) is 0. The molecule has 1 saturated heterocycles. The zero-order chi connectivity index (χ0) is 30.5. The summed E-state index contributed by atoms with van der Waals surface area (Å²) in [5.41, 5.74) is 3.54. The van der Waals surface area contributed by atoms with Crippen LogP contribution in [0.3, 0.4) is 0 Å². The summed E-state index contributed by atoms with van der Waals surface area (Å²) in [5, 5.41) is 2.91. The van der Waals surface area contributed by atoms with Gasteiger partial charge in [0, 0.05) is 44.9 Å². The van der Waals surface area contributed by atoms with Crippen molar-refractivity contribution in [3.63, 3.8) is 0 Å². The van der Waals surface area contributed by atoms with Crippen molar-refractivity contribution in [2.75, 3.05) is 46.0 Å². The summed E-state index contributed by atoms with van der Waals surface area (Å²) < 4.78 is 17.5. The van der Waals surface area contributed by atoms with Crippen molar-refractivity contribution in [3.8, 4) is 17.2 Å². The second-order valence-electron chi connectivity index (χ2n) is 11.4. The van der Waals surface area contributed by atoms with Gasteiger partial charge >= 0.3 is 0 Å². The summed E-state index contributed by atoms with van der Waals surface area (Å²) in [6.07, 6.45) is 5.68. The summed E-state index contributed by atoms with van der Waals surface area (Å²) in [6, 6.07) is 15.3. The van der Waals surface area contributed by atoms with E-state index < -0.39 is 0 Å². The first-order valence-corrected chi connectivity index (χ1v) is 15.4. The Kier molecular flexibility index (Phi) is 9.07. The van der Waals surface area contributed by atoms with Gasteiger partial charge in [0.1, 0.15) is 23.9 Å². The third-order valence-electron chi connectivity index (χ3n) is 8.51. The van der Waals surface area contributed by atoms with E-state index in [2.05, 4.69) is 10.3 Å². The van der Waals surface area contributed by atoms with Crippen LogP contribution >= 0.6 is 0 Å². The Hall–Kier alpha value is -4.44. The van der Waals surface area contributed by atoms with Crippen LogP contribution in [-0.4, -0.2) is 78.5 Å². The third kappa shape index (κ3) is 6.55. The fraction of sp³-hybridized carbons (Fsp3) is 0.412. The lowest BCUT2D eigenvalue weighted by molar-refractivity contribution is -0.144. The lowest BCUT2D eigenvalue weighted by atomic mass is 9.85. The molecule has 4 aliphatic heterocycles. The Balaban J connectivity index is 1.29. The first kappa shape index (κ1) is 29.6. The highest BCUT2D eigenvalue weighted by Gasteiger charge is 2.37. The number of pyridine rings is 1. The lowest BCUT2D eigenvalue weighted by Crippen LogP contribution is -2.48. The van der Waals surface area contributed by atoms with Crippen molar-refractivity contribution < 1.29 is 28.6 Å². The third-order valence-corrected chi connectivity index (χ3v) is 8.51. The molecule has 3 aromatic rings. The van der Waals surface area contributed by atoms with Crippen molar-refractivity contribution in [2.45, 2.75) is 38.6 Å². The topological polar surface area (TPSA) is 110 Å². The highest BCUT2D eigenvalue weighted by Crippen LogP contribution is 2.40. The van der Waals surface area contributed by atoms with Gasteiger partial charge in [0.05, 0.1) is 24.4 Å². The average molecular weight is 599 g/mol. The monoisotopic (exact) mass is 598 g/mol. The van der Waals surface area contributed by atoms with Gasteiger partial charge in [-0.15, -0.1) is 0 Å². The Bertz CT molecular complexity index is 1520. The first-order chi connectivity index (χ1) is 21.5. The minimum absolute atomic E-state index is 0.0201. The number of amides is 3. The molecule has 0 aliphatic carbocycles. The van der Waals surface area contributed by atoms with E-state index in [1.165, 1.54) is 6.20 Å². The van der Waals surface area contributed by atoms with Crippen LogP contribution in [-0.2, 0) is 20.7 Å². The molecular formula is C34H38N4O6. The number of nitrogens with zero attached hydrogens (tertiary/aromatic N) is 3. The number of hydrogen-bond acceptors (Lipinski definition) is 7. The van der Waals surface area contributed by atoms with Gasteiger partial charge < -0.3 is 29.3 Å². The Morgan fingerprint density at radius 2 is 1.89 bits per heavy atom. The maximum atomic E-state index is 14.2. The van der Waals surface area contributed by atoms with Gasteiger partial charge in [0.25, 0.3) is 5.91 Å². The molecule has 1 atom stereocenters. The Labute approximate surface area is 257 Å². The predicted octanol–water partition coefficient (Wildman–Crippen LogP) is 4.14. The molecule has 0 radical (unpaired) electrons. The van der Waals surface area contributed by atoms with Crippen LogP contribution < -0.4 is 14.8 Å². The molecule has 44 heavy (non-hydrogen) atoms. The molecule has 10 heteroatoms. The number of nitrogens with one attached hydrogen (secondary N) is 1. The molecular weight excluding hydrogens is 560 g/mol. The molecule has 0 spiro atoms. The van der Waals surface area contributed by atoms with Crippen LogP contribution in [0.4, 0.5) is 0 Å². The van der Waals surface area contributed by atoms with E-state index >= 15 is 0 Å². The molecule has 0 saturated carbocycles. The maximum absolute atomic E-state index is 14.2. The fourth-order valence-corrected chi connectivity index (χ4v) is 6.23. The van der Waals surface area contributed by atoms with Crippen molar-refractivity contribution in [1.82, 2.24) is 20.1 Å². The summed E-state index contributed by atoms with van der Waals surface area (Å²) >= 11 is 0. The van der Waals surface area contributed by atoms with Crippen LogP contribution in [0.2, 0.25) is 0 Å². The largest absolute Gasteiger partial charge is 0.494 e. The Morgan fingerprint density at radius 3 is 2.73 bits per heavy atom. The first-order valence-electron chi connectivity index (χ1n) is 15.4. The van der Waals surface area contributed by atoms with Crippen LogP contribution in [0.1, 0.15) is 59.3 Å². The molecule has 1 N–H and O–H groups in total. The molecule has 1 aromatic heterocycles. The van der Waals surface area contributed by atoms with E-state index in [9.17, 15) is 14.4 Å². The van der Waals surface area contributed by atoms with Gasteiger partial charge in [-0.25, -0.2) is 0 Å². The van der Waals surface area contributed by atoms with Gasteiger partial charge in [-0.3, -0.25) is 19.4 Å². The summed E-state index contributed by atoms with van der Waals surface area (Å²) in [5.74, 6) is 1.56. The van der Waals surface area contributed by atoms with Gasteiger partial charge in [-0.05, 0) is 79.6 Å². The molecule has 10 nitrogen and oxygen atoms in total. The average Bonchev–Trinajstić information content (AvgIpc) is 3.06. The number of ether oxygens (including phenoxy) is 3. The second kappa shape index (κ2) is 13.5. The van der Waals surface area contributed by atoms with Crippen molar-refractivity contribution in [1.29, 1.82) is 0 Å². The number of aromatic nitrogens is 1. The quantitative estimate of drug-likeness (QED) is 0.481. The zero-order valence-corrected chi connectivity index (χ0v) is 25.0. The minimum Gasteiger partial charge on any atom is -0.494 e. The summed E-state index contributed by atoms with van der Waals surface area (Å²) in [4.78, 5) is 47.3. The highest BCUT2D eigenvalue weighted by atomic mass is 16.5. The number of piperidine rings is 1. The SMILES string of the molecule is CCOCC(=O)N1CCC(C(=O)N2CCc3cc4ccc3C2c2cccc(c2)OCCCNC(=O)c2cncc(c2)O4)CC1. The predicted molar refractivity (Wildman–Crippen MR) is 163 cm³/mol. The Morgan fingerprint density at radius 1 is 1.02 bits per heavy atom. The van der Waals surface area contributed by atoms with Gasteiger partial charge in [-0.1, -0.05) is 18.2 Å². The number of hydrogen-bond donors (Lipinski definition) is 1. The van der Waals surface area contributed by atoms with E-state index in [0.29, 0.717) is 87.9 Å². The van der Waals surface area contributed by atoms with Crippen molar-refractivity contribution in [2.24, 2.45) is 5.92 Å². The number of likely N-dealkylation sites (tertiary alicyclic amines) is 1. The van der Waals surface area contributed by atoms with Crippen molar-refractivity contribution >= 4 is 17.7 Å². The fourth-order valence-electron chi connectivity index (χ4n) is 6.23. The molecule has 230 valence electrons. The van der Waals surface area contributed by atoms with Gasteiger partial charge in [0.15, 0.2) is 0 Å². The number of rotatable bonds is 4. The van der Waals surface area contributed by atoms with Crippen LogP contribution in [0, 0.1) is 5.92 Å². The number of fused-ring (bicyclic) bond motifs is 6. The number of benzene rings is 2. The molecule has 5 heterocycles. The van der Waals surface area contributed by atoms with E-state index in [1.54, 1.807) is 17.2 Å². The standard InChI is InChI=1S/C34H38N4O6/c1-2-42-22-31(39)37-13-9-23(10-14-37)34(41)38-15-11-24-17-28-7-8-30(24)32(38)25-5-3-6-27(18-25)43-16-4-12-36-33(40)26-19-29(44-28)21-35-20-26/h3,5-8,17-21,23,32H,2,4,9-16,22H2,1H3,(H,36,40).